The zero-order valence-electron chi connectivity index (χ0n) is 49.0. The Bertz CT molecular complexity index is 2750. The number of hydrogen-bond acceptors (Lipinski definition) is 1. The van der Waals surface area contributed by atoms with Crippen LogP contribution in [0, 0.1) is 0 Å². The largest absolute Gasteiger partial charge is 0.398 e. The number of hydrogen-bond donors (Lipinski definition) is 1. The minimum atomic E-state index is -0.269. The van der Waals surface area contributed by atoms with Crippen LogP contribution in [0.3, 0.4) is 0 Å². The number of rotatable bonds is 2. The molecule has 0 saturated heterocycles. The number of fused-ring (bicyclic) bond motifs is 20. The maximum atomic E-state index is 6.48. The lowest BCUT2D eigenvalue weighted by atomic mass is 9.70. The minimum Gasteiger partial charge on any atom is -0.398 e. The van der Waals surface area contributed by atoms with Gasteiger partial charge in [-0.05, 0) is 102 Å². The molecule has 2 N–H and O–H groups in total. The second-order valence-corrected chi connectivity index (χ2v) is 15.8. The summed E-state index contributed by atoms with van der Waals surface area (Å²) in [6, 6.07) is 66.8. The standard InChI is InChI=1S/C28H22.C25H17N.C3H8.8C2H6/c1-2-10-19-11-9-18-26-27(19)22-14-5-8-17-25(22)28(26)23-15-6-3-12-20(23)21-13-4-7-16-24(21)28;26-23-15-7-14-22-24(23)18-10-3-6-13-21(18)25(22)19-11-4-1-8-16(19)17-9-2-5-12-20(17)25;1-3-2;8*1-2/h3-9,11-18H,2,10H2,1H3;1-15H,26H2;3H2,1-2H3;8*1-2H3. The molecule has 4 aliphatic rings. The minimum absolute atomic E-state index is 0.192. The van der Waals surface area contributed by atoms with Crippen LogP contribution in [0.5, 0.6) is 0 Å². The molecule has 73 heavy (non-hydrogen) atoms. The van der Waals surface area contributed by atoms with Crippen molar-refractivity contribution in [2.75, 3.05) is 5.73 Å². The Balaban J connectivity index is 0.000000378. The van der Waals surface area contributed by atoms with Crippen LogP contribution < -0.4 is 5.73 Å². The summed E-state index contributed by atoms with van der Waals surface area (Å²) in [5.41, 5.74) is 30.2. The number of benzene rings is 8. The molecular weight excluding hydrogens is 879 g/mol. The summed E-state index contributed by atoms with van der Waals surface area (Å²) in [6.07, 6.45) is 3.54. The number of anilines is 1. The third-order valence-electron chi connectivity index (χ3n) is 12.7. The maximum Gasteiger partial charge on any atom is 0.0726 e. The Hall–Kier alpha value is -6.44. The first-order valence-electron chi connectivity index (χ1n) is 28.7. The highest BCUT2D eigenvalue weighted by Gasteiger charge is 2.53. The van der Waals surface area contributed by atoms with E-state index >= 15 is 0 Å². The van der Waals surface area contributed by atoms with Gasteiger partial charge in [0.1, 0.15) is 0 Å². The summed E-state index contributed by atoms with van der Waals surface area (Å²) in [5, 5.41) is 0. The highest BCUT2D eigenvalue weighted by atomic mass is 14.6. The maximum absolute atomic E-state index is 6.48. The molecule has 0 saturated carbocycles. The first kappa shape index (κ1) is 62.7. The Labute approximate surface area is 447 Å². The molecule has 0 radical (unpaired) electrons. The second kappa shape index (κ2) is 31.9. The van der Waals surface area contributed by atoms with E-state index < -0.39 is 0 Å². The summed E-state index contributed by atoms with van der Waals surface area (Å²) < 4.78 is 0. The van der Waals surface area contributed by atoms with E-state index in [1.165, 1.54) is 107 Å². The van der Waals surface area contributed by atoms with Crippen molar-refractivity contribution in [1.29, 1.82) is 0 Å². The summed E-state index contributed by atoms with van der Waals surface area (Å²) in [5.74, 6) is 0. The van der Waals surface area contributed by atoms with Crippen molar-refractivity contribution in [3.63, 3.8) is 0 Å². The molecule has 2 spiro atoms. The van der Waals surface area contributed by atoms with Gasteiger partial charge < -0.3 is 5.73 Å². The van der Waals surface area contributed by atoms with E-state index in [0.29, 0.717) is 0 Å². The van der Waals surface area contributed by atoms with Gasteiger partial charge in [0, 0.05) is 11.3 Å². The van der Waals surface area contributed by atoms with Crippen LogP contribution in [-0.2, 0) is 17.3 Å². The second-order valence-electron chi connectivity index (χ2n) is 15.8. The molecule has 0 aliphatic heterocycles. The average Bonchev–Trinajstić information content (AvgIpc) is 4.18. The van der Waals surface area contributed by atoms with E-state index in [1.807, 2.05) is 117 Å². The average molecular weight is 975 g/mol. The van der Waals surface area contributed by atoms with Gasteiger partial charge in [0.05, 0.1) is 10.8 Å². The fourth-order valence-electron chi connectivity index (χ4n) is 10.9. The fraction of sp³-hybridized carbons (Fsp3) is 0.333. The van der Waals surface area contributed by atoms with Crippen molar-refractivity contribution in [3.05, 3.63) is 232 Å². The van der Waals surface area contributed by atoms with Gasteiger partial charge in [0.15, 0.2) is 0 Å². The summed E-state index contributed by atoms with van der Waals surface area (Å²) in [4.78, 5) is 0. The van der Waals surface area contributed by atoms with Crippen molar-refractivity contribution < 1.29 is 0 Å². The molecule has 4 aliphatic carbocycles. The van der Waals surface area contributed by atoms with Crippen LogP contribution in [0.4, 0.5) is 5.69 Å². The zero-order chi connectivity index (χ0) is 54.7. The van der Waals surface area contributed by atoms with E-state index in [9.17, 15) is 0 Å². The third-order valence-corrected chi connectivity index (χ3v) is 12.7. The zero-order valence-corrected chi connectivity index (χ0v) is 49.0. The highest BCUT2D eigenvalue weighted by Crippen LogP contribution is 2.65. The molecular formula is C72H95N. The monoisotopic (exact) mass is 974 g/mol. The molecule has 0 unspecified atom stereocenters. The number of nitrogens with two attached hydrogens (primary N) is 1. The van der Waals surface area contributed by atoms with Gasteiger partial charge in [-0.3, -0.25) is 0 Å². The van der Waals surface area contributed by atoms with E-state index in [-0.39, 0.29) is 10.8 Å². The third kappa shape index (κ3) is 11.1. The van der Waals surface area contributed by atoms with E-state index in [1.54, 1.807) is 0 Å². The number of nitrogen functional groups attached to an aromatic ring is 1. The molecule has 0 amide bonds. The van der Waals surface area contributed by atoms with Crippen LogP contribution >= 0.6 is 0 Å². The molecule has 8 aromatic carbocycles. The van der Waals surface area contributed by atoms with Gasteiger partial charge in [-0.25, -0.2) is 0 Å². The predicted octanol–water partition coefficient (Wildman–Crippen LogP) is 22.2. The van der Waals surface area contributed by atoms with Crippen LogP contribution in [0.2, 0.25) is 0 Å². The van der Waals surface area contributed by atoms with Crippen LogP contribution in [-0.4, -0.2) is 0 Å². The topological polar surface area (TPSA) is 26.0 Å². The van der Waals surface area contributed by atoms with Crippen molar-refractivity contribution >= 4 is 5.69 Å². The van der Waals surface area contributed by atoms with Gasteiger partial charge in [-0.2, -0.15) is 0 Å². The molecule has 1 heteroatoms. The van der Waals surface area contributed by atoms with Gasteiger partial charge in [-0.1, -0.05) is 320 Å². The molecule has 0 atom stereocenters. The normalized spacial score (nSPS) is 11.7. The first-order chi connectivity index (χ1) is 36.1. The molecule has 12 rings (SSSR count). The van der Waals surface area contributed by atoms with Gasteiger partial charge in [0.25, 0.3) is 0 Å². The highest BCUT2D eigenvalue weighted by molar-refractivity contribution is 5.99. The van der Waals surface area contributed by atoms with Gasteiger partial charge in [-0.15, -0.1) is 0 Å². The first-order valence-corrected chi connectivity index (χ1v) is 28.7. The van der Waals surface area contributed by atoms with Gasteiger partial charge >= 0.3 is 0 Å². The number of aryl methyl sites for hydroxylation is 1. The summed E-state index contributed by atoms with van der Waals surface area (Å²) >= 11 is 0. The Morgan fingerprint density at radius 3 is 0.822 bits per heavy atom. The smallest absolute Gasteiger partial charge is 0.0726 e. The van der Waals surface area contributed by atoms with Crippen molar-refractivity contribution in [2.45, 2.75) is 162 Å². The van der Waals surface area contributed by atoms with Crippen LogP contribution in [0.1, 0.15) is 194 Å². The molecule has 0 aromatic heterocycles. The molecule has 388 valence electrons. The molecule has 0 fully saturated rings. The molecule has 0 bridgehead atoms. The fourth-order valence-corrected chi connectivity index (χ4v) is 10.9. The summed E-state index contributed by atoms with van der Waals surface area (Å²) in [6.45, 7) is 38.5. The van der Waals surface area contributed by atoms with E-state index in [4.69, 9.17) is 5.73 Å². The quantitative estimate of drug-likeness (QED) is 0.172. The lowest BCUT2D eigenvalue weighted by Crippen LogP contribution is -2.25. The van der Waals surface area contributed by atoms with Crippen molar-refractivity contribution in [3.8, 4) is 44.5 Å². The molecule has 8 aromatic rings. The lowest BCUT2D eigenvalue weighted by molar-refractivity contribution is 0.792. The van der Waals surface area contributed by atoms with Crippen molar-refractivity contribution in [2.24, 2.45) is 0 Å². The lowest BCUT2D eigenvalue weighted by Gasteiger charge is -2.30. The summed E-state index contributed by atoms with van der Waals surface area (Å²) in [7, 11) is 0. The van der Waals surface area contributed by atoms with E-state index in [0.717, 1.165) is 12.1 Å². The Kier molecular flexibility index (Phi) is 27.4. The SMILES string of the molecule is CC.CC.CC.CC.CC.CC.CC.CC.CCC.CCCc1cccc2c1-c1ccccc1C21c2ccccc2-c2ccccc21.Nc1cccc2c1-c1ccccc1C21c2ccccc2-c2ccccc21. The van der Waals surface area contributed by atoms with E-state index in [2.05, 4.69) is 197 Å². The molecule has 0 heterocycles. The molecule has 1 nitrogen and oxygen atoms in total. The van der Waals surface area contributed by atoms with Crippen LogP contribution in [0.25, 0.3) is 44.5 Å². The van der Waals surface area contributed by atoms with Crippen LogP contribution in [0.15, 0.2) is 182 Å². The Morgan fingerprint density at radius 2 is 0.507 bits per heavy atom. The Morgan fingerprint density at radius 1 is 0.274 bits per heavy atom. The van der Waals surface area contributed by atoms with Gasteiger partial charge in [0.2, 0.25) is 0 Å². The van der Waals surface area contributed by atoms with Crippen molar-refractivity contribution in [1.82, 2.24) is 0 Å². The predicted molar refractivity (Wildman–Crippen MR) is 331 cm³/mol.